The van der Waals surface area contributed by atoms with Gasteiger partial charge in [-0.05, 0) is 30.2 Å². The van der Waals surface area contributed by atoms with Crippen LogP contribution in [0.4, 0.5) is 4.39 Å². The maximum atomic E-state index is 13.3. The van der Waals surface area contributed by atoms with Crippen LogP contribution in [-0.2, 0) is 12.3 Å². The van der Waals surface area contributed by atoms with Gasteiger partial charge in [-0.1, -0.05) is 18.5 Å². The van der Waals surface area contributed by atoms with E-state index in [-0.39, 0.29) is 5.02 Å². The maximum absolute atomic E-state index is 13.3. The molecular formula is C14H12Cl2FNO. The lowest BCUT2D eigenvalue weighted by atomic mass is 10.2. The van der Waals surface area contributed by atoms with E-state index >= 15 is 0 Å². The highest BCUT2D eigenvalue weighted by molar-refractivity contribution is 6.30. The molecule has 2 rings (SSSR count). The minimum Gasteiger partial charge on any atom is -0.439 e. The predicted molar refractivity (Wildman–Crippen MR) is 74.7 cm³/mol. The van der Waals surface area contributed by atoms with E-state index in [9.17, 15) is 4.39 Å². The topological polar surface area (TPSA) is 22.1 Å². The Labute approximate surface area is 121 Å². The maximum Gasteiger partial charge on any atom is 0.219 e. The zero-order valence-corrected chi connectivity index (χ0v) is 11.8. The van der Waals surface area contributed by atoms with E-state index in [2.05, 4.69) is 4.98 Å². The summed E-state index contributed by atoms with van der Waals surface area (Å²) in [7, 11) is 0. The molecule has 100 valence electrons. The summed E-state index contributed by atoms with van der Waals surface area (Å²) in [6.07, 6.45) is 0.774. The molecule has 5 heteroatoms. The first-order valence-corrected chi connectivity index (χ1v) is 6.72. The van der Waals surface area contributed by atoms with Crippen molar-refractivity contribution in [1.82, 2.24) is 4.98 Å². The molecule has 0 amide bonds. The van der Waals surface area contributed by atoms with Crippen LogP contribution in [0.2, 0.25) is 5.02 Å². The molecular weight excluding hydrogens is 288 g/mol. The van der Waals surface area contributed by atoms with Crippen LogP contribution < -0.4 is 4.74 Å². The SMILES string of the molecule is CCc1cc(CCl)cc(Oc2ccc(Cl)c(F)c2)n1. The van der Waals surface area contributed by atoms with E-state index in [0.717, 1.165) is 17.7 Å². The van der Waals surface area contributed by atoms with Gasteiger partial charge in [0.1, 0.15) is 11.6 Å². The molecule has 0 aliphatic rings. The van der Waals surface area contributed by atoms with Crippen LogP contribution in [0.3, 0.4) is 0 Å². The summed E-state index contributed by atoms with van der Waals surface area (Å²) in [5.41, 5.74) is 1.79. The highest BCUT2D eigenvalue weighted by atomic mass is 35.5. The van der Waals surface area contributed by atoms with Crippen molar-refractivity contribution in [2.45, 2.75) is 19.2 Å². The molecule has 0 N–H and O–H groups in total. The van der Waals surface area contributed by atoms with Crippen molar-refractivity contribution in [3.05, 3.63) is 52.4 Å². The summed E-state index contributed by atoms with van der Waals surface area (Å²) in [6.45, 7) is 1.99. The van der Waals surface area contributed by atoms with Gasteiger partial charge in [-0.25, -0.2) is 9.37 Å². The fraction of sp³-hybridized carbons (Fsp3) is 0.214. The lowest BCUT2D eigenvalue weighted by molar-refractivity contribution is 0.455. The molecule has 2 aromatic rings. The Balaban J connectivity index is 2.29. The Bertz CT molecular complexity index is 567. The molecule has 0 spiro atoms. The Morgan fingerprint density at radius 3 is 2.68 bits per heavy atom. The second kappa shape index (κ2) is 6.22. The molecule has 0 unspecified atom stereocenters. The standard InChI is InChI=1S/C14H12Cl2FNO/c1-2-10-5-9(8-15)6-14(18-10)19-11-3-4-12(16)13(17)7-11/h3-7H,2,8H2,1H3. The molecule has 0 radical (unpaired) electrons. The van der Waals surface area contributed by atoms with Gasteiger partial charge >= 0.3 is 0 Å². The van der Waals surface area contributed by atoms with Crippen LogP contribution in [0.25, 0.3) is 0 Å². The molecule has 2 nitrogen and oxygen atoms in total. The third kappa shape index (κ3) is 3.58. The van der Waals surface area contributed by atoms with Gasteiger partial charge in [0.2, 0.25) is 5.88 Å². The Hall–Kier alpha value is -1.32. The van der Waals surface area contributed by atoms with Gasteiger partial charge in [0.15, 0.2) is 0 Å². The molecule has 0 saturated carbocycles. The number of aromatic nitrogens is 1. The van der Waals surface area contributed by atoms with Gasteiger partial charge in [0.25, 0.3) is 0 Å². The molecule has 1 aromatic heterocycles. The summed E-state index contributed by atoms with van der Waals surface area (Å²) in [4.78, 5) is 4.31. The van der Waals surface area contributed by atoms with Crippen molar-refractivity contribution in [2.24, 2.45) is 0 Å². The van der Waals surface area contributed by atoms with Crippen molar-refractivity contribution >= 4 is 23.2 Å². The number of benzene rings is 1. The number of pyridine rings is 1. The number of alkyl halides is 1. The summed E-state index contributed by atoms with van der Waals surface area (Å²) in [5, 5.41) is 0.0593. The zero-order valence-electron chi connectivity index (χ0n) is 10.3. The lowest BCUT2D eigenvalue weighted by Crippen LogP contribution is -1.95. The molecule has 0 fully saturated rings. The average molecular weight is 300 g/mol. The van der Waals surface area contributed by atoms with Gasteiger partial charge in [-0.15, -0.1) is 11.6 Å². The highest BCUT2D eigenvalue weighted by Gasteiger charge is 2.06. The summed E-state index contributed by atoms with van der Waals surface area (Å²) in [5.74, 6) is 0.601. The normalized spacial score (nSPS) is 10.5. The van der Waals surface area contributed by atoms with E-state index in [0.29, 0.717) is 17.5 Å². The molecule has 1 aromatic carbocycles. The van der Waals surface area contributed by atoms with Crippen molar-refractivity contribution in [3.63, 3.8) is 0 Å². The van der Waals surface area contributed by atoms with Gasteiger partial charge < -0.3 is 4.74 Å². The van der Waals surface area contributed by atoms with Crippen LogP contribution in [0.5, 0.6) is 11.6 Å². The van der Waals surface area contributed by atoms with Crippen molar-refractivity contribution in [3.8, 4) is 11.6 Å². The number of ether oxygens (including phenoxy) is 1. The molecule has 0 aliphatic heterocycles. The van der Waals surface area contributed by atoms with Crippen LogP contribution >= 0.6 is 23.2 Å². The first-order valence-electron chi connectivity index (χ1n) is 5.81. The number of aryl methyl sites for hydroxylation is 1. The fourth-order valence-electron chi connectivity index (χ4n) is 1.59. The molecule has 19 heavy (non-hydrogen) atoms. The highest BCUT2D eigenvalue weighted by Crippen LogP contribution is 2.25. The van der Waals surface area contributed by atoms with Gasteiger partial charge in [-0.2, -0.15) is 0 Å². The lowest BCUT2D eigenvalue weighted by Gasteiger charge is -2.08. The summed E-state index contributed by atoms with van der Waals surface area (Å²) < 4.78 is 18.9. The molecule has 0 saturated heterocycles. The summed E-state index contributed by atoms with van der Waals surface area (Å²) >= 11 is 11.4. The van der Waals surface area contributed by atoms with E-state index < -0.39 is 5.82 Å². The molecule has 0 bridgehead atoms. The van der Waals surface area contributed by atoms with Crippen LogP contribution in [0.1, 0.15) is 18.2 Å². The average Bonchev–Trinajstić information content (AvgIpc) is 2.42. The number of halogens is 3. The fourth-order valence-corrected chi connectivity index (χ4v) is 1.86. The van der Waals surface area contributed by atoms with Gasteiger partial charge in [0.05, 0.1) is 5.02 Å². The minimum absolute atomic E-state index is 0.0593. The number of hydrogen-bond acceptors (Lipinski definition) is 2. The van der Waals surface area contributed by atoms with E-state index in [1.165, 1.54) is 12.1 Å². The monoisotopic (exact) mass is 299 g/mol. The molecule has 1 heterocycles. The van der Waals surface area contributed by atoms with Crippen LogP contribution in [0.15, 0.2) is 30.3 Å². The van der Waals surface area contributed by atoms with Crippen molar-refractivity contribution in [1.29, 1.82) is 0 Å². The zero-order chi connectivity index (χ0) is 13.8. The molecule has 0 atom stereocenters. The van der Waals surface area contributed by atoms with Gasteiger partial charge in [-0.3, -0.25) is 0 Å². The summed E-state index contributed by atoms with van der Waals surface area (Å²) in [6, 6.07) is 7.91. The van der Waals surface area contributed by atoms with Gasteiger partial charge in [0, 0.05) is 23.7 Å². The first kappa shape index (κ1) is 14.1. The van der Waals surface area contributed by atoms with Crippen LogP contribution in [-0.4, -0.2) is 4.98 Å². The van der Waals surface area contributed by atoms with Crippen LogP contribution in [0, 0.1) is 5.82 Å². The third-order valence-corrected chi connectivity index (χ3v) is 3.16. The Morgan fingerprint density at radius 2 is 2.05 bits per heavy atom. The Kier molecular flexibility index (Phi) is 4.61. The third-order valence-electron chi connectivity index (χ3n) is 2.54. The number of hydrogen-bond donors (Lipinski definition) is 0. The predicted octanol–water partition coefficient (Wildman–Crippen LogP) is 4.97. The van der Waals surface area contributed by atoms with Crippen molar-refractivity contribution < 1.29 is 9.13 Å². The Morgan fingerprint density at radius 1 is 1.26 bits per heavy atom. The van der Waals surface area contributed by atoms with Crippen molar-refractivity contribution in [2.75, 3.05) is 0 Å². The van der Waals surface area contributed by atoms with E-state index in [1.54, 1.807) is 12.1 Å². The number of nitrogens with zero attached hydrogens (tertiary/aromatic N) is 1. The number of rotatable bonds is 4. The second-order valence-electron chi connectivity index (χ2n) is 3.97. The quantitative estimate of drug-likeness (QED) is 0.744. The van der Waals surface area contributed by atoms with E-state index in [1.807, 2.05) is 13.0 Å². The molecule has 0 aliphatic carbocycles. The minimum atomic E-state index is -0.525. The first-order chi connectivity index (χ1) is 9.12. The smallest absolute Gasteiger partial charge is 0.219 e. The van der Waals surface area contributed by atoms with E-state index in [4.69, 9.17) is 27.9 Å². The second-order valence-corrected chi connectivity index (χ2v) is 4.64. The largest absolute Gasteiger partial charge is 0.439 e.